The molecule has 1 aromatic rings. The Morgan fingerprint density at radius 2 is 2.32 bits per heavy atom. The fourth-order valence-corrected chi connectivity index (χ4v) is 2.40. The van der Waals surface area contributed by atoms with Gasteiger partial charge in [-0.3, -0.25) is 14.7 Å². The van der Waals surface area contributed by atoms with E-state index >= 15 is 0 Å². The van der Waals surface area contributed by atoms with Gasteiger partial charge in [0.2, 0.25) is 5.91 Å². The lowest BCUT2D eigenvalue weighted by Gasteiger charge is -2.22. The lowest BCUT2D eigenvalue weighted by atomic mass is 10.2. The normalized spacial score (nSPS) is 18.6. The highest BCUT2D eigenvalue weighted by atomic mass is 16.2. The molecule has 2 heterocycles. The second-order valence-electron chi connectivity index (χ2n) is 4.59. The van der Waals surface area contributed by atoms with Crippen LogP contribution in [0, 0.1) is 0 Å². The van der Waals surface area contributed by atoms with Gasteiger partial charge in [-0.05, 0) is 19.3 Å². The predicted octanol–water partition coefficient (Wildman–Crippen LogP) is -0.0951. The summed E-state index contributed by atoms with van der Waals surface area (Å²) in [6.45, 7) is 2.49. The van der Waals surface area contributed by atoms with Gasteiger partial charge in [-0.2, -0.15) is 5.10 Å². The smallest absolute Gasteiger partial charge is 0.277 e. The Morgan fingerprint density at radius 1 is 1.58 bits per heavy atom. The number of rotatable bonds is 3. The number of hydrogen-bond donors (Lipinski definition) is 3. The van der Waals surface area contributed by atoms with Gasteiger partial charge in [-0.1, -0.05) is 6.92 Å². The quantitative estimate of drug-likeness (QED) is 0.710. The van der Waals surface area contributed by atoms with Crippen LogP contribution in [0.1, 0.15) is 35.9 Å². The first-order valence-electron chi connectivity index (χ1n) is 6.45. The third kappa shape index (κ3) is 2.27. The predicted molar refractivity (Wildman–Crippen MR) is 70.5 cm³/mol. The van der Waals surface area contributed by atoms with E-state index in [4.69, 9.17) is 5.73 Å². The van der Waals surface area contributed by atoms with Gasteiger partial charge in [0.15, 0.2) is 5.69 Å². The SMILES string of the molecule is CCc1[nH]nc(C(=O)N2CCCC2C(=O)NC)c1N. The molecule has 0 radical (unpaired) electrons. The molecule has 0 bridgehead atoms. The number of carbonyl (C=O) groups is 2. The summed E-state index contributed by atoms with van der Waals surface area (Å²) in [5.41, 5.74) is 7.24. The Labute approximate surface area is 111 Å². The minimum Gasteiger partial charge on any atom is -0.395 e. The highest BCUT2D eigenvalue weighted by Gasteiger charge is 2.35. The third-order valence-corrected chi connectivity index (χ3v) is 3.50. The van der Waals surface area contributed by atoms with Crippen LogP contribution < -0.4 is 11.1 Å². The van der Waals surface area contributed by atoms with Crippen LogP contribution in [0.15, 0.2) is 0 Å². The number of anilines is 1. The van der Waals surface area contributed by atoms with Crippen LogP contribution in [-0.2, 0) is 11.2 Å². The van der Waals surface area contributed by atoms with E-state index in [0.29, 0.717) is 25.1 Å². The number of hydrogen-bond acceptors (Lipinski definition) is 4. The van der Waals surface area contributed by atoms with Crippen molar-refractivity contribution in [1.29, 1.82) is 0 Å². The van der Waals surface area contributed by atoms with Gasteiger partial charge in [-0.15, -0.1) is 0 Å². The van der Waals surface area contributed by atoms with E-state index in [1.165, 1.54) is 0 Å². The molecule has 2 amide bonds. The summed E-state index contributed by atoms with van der Waals surface area (Å²) in [7, 11) is 1.57. The number of nitrogen functional groups attached to an aromatic ring is 1. The molecule has 1 fully saturated rings. The second-order valence-corrected chi connectivity index (χ2v) is 4.59. The van der Waals surface area contributed by atoms with E-state index in [2.05, 4.69) is 15.5 Å². The summed E-state index contributed by atoms with van der Waals surface area (Å²) in [4.78, 5) is 25.7. The van der Waals surface area contributed by atoms with Gasteiger partial charge in [0.25, 0.3) is 5.91 Å². The number of carbonyl (C=O) groups excluding carboxylic acids is 2. The van der Waals surface area contributed by atoms with Crippen molar-refractivity contribution in [1.82, 2.24) is 20.4 Å². The number of nitrogens with one attached hydrogen (secondary N) is 2. The number of likely N-dealkylation sites (N-methyl/N-ethyl adjacent to an activating group) is 1. The van der Waals surface area contributed by atoms with Crippen LogP contribution in [0.2, 0.25) is 0 Å². The van der Waals surface area contributed by atoms with Crippen molar-refractivity contribution in [3.63, 3.8) is 0 Å². The van der Waals surface area contributed by atoms with E-state index in [-0.39, 0.29) is 17.5 Å². The van der Waals surface area contributed by atoms with Crippen LogP contribution >= 0.6 is 0 Å². The maximum atomic E-state index is 12.4. The summed E-state index contributed by atoms with van der Waals surface area (Å²) in [5, 5.41) is 9.32. The highest BCUT2D eigenvalue weighted by Crippen LogP contribution is 2.23. The van der Waals surface area contributed by atoms with E-state index in [1.54, 1.807) is 11.9 Å². The van der Waals surface area contributed by atoms with Gasteiger partial charge in [0.05, 0.1) is 11.4 Å². The molecule has 2 rings (SSSR count). The molecule has 19 heavy (non-hydrogen) atoms. The number of aromatic nitrogens is 2. The molecule has 1 aliphatic rings. The van der Waals surface area contributed by atoms with E-state index < -0.39 is 6.04 Å². The average molecular weight is 265 g/mol. The lowest BCUT2D eigenvalue weighted by Crippen LogP contribution is -2.45. The van der Waals surface area contributed by atoms with E-state index in [1.807, 2.05) is 6.92 Å². The van der Waals surface area contributed by atoms with Crippen molar-refractivity contribution in [2.75, 3.05) is 19.3 Å². The molecule has 0 aromatic carbocycles. The first kappa shape index (κ1) is 13.4. The summed E-state index contributed by atoms with van der Waals surface area (Å²) in [6, 6.07) is -0.418. The maximum Gasteiger partial charge on any atom is 0.277 e. The first-order valence-corrected chi connectivity index (χ1v) is 6.45. The summed E-state index contributed by atoms with van der Waals surface area (Å²) in [5.74, 6) is -0.421. The van der Waals surface area contributed by atoms with Crippen LogP contribution in [0.5, 0.6) is 0 Å². The molecule has 1 atom stereocenters. The molecule has 0 aliphatic carbocycles. The number of likely N-dealkylation sites (tertiary alicyclic amines) is 1. The van der Waals surface area contributed by atoms with Crippen molar-refractivity contribution < 1.29 is 9.59 Å². The molecular formula is C12H19N5O2. The molecule has 7 nitrogen and oxygen atoms in total. The Balaban J connectivity index is 2.23. The minimum absolute atomic E-state index is 0.143. The molecular weight excluding hydrogens is 246 g/mol. The molecule has 0 spiro atoms. The largest absolute Gasteiger partial charge is 0.395 e. The lowest BCUT2D eigenvalue weighted by molar-refractivity contribution is -0.124. The first-order chi connectivity index (χ1) is 9.10. The minimum atomic E-state index is -0.418. The average Bonchev–Trinajstić information content (AvgIpc) is 3.03. The molecule has 4 N–H and O–H groups in total. The third-order valence-electron chi connectivity index (χ3n) is 3.50. The summed E-state index contributed by atoms with van der Waals surface area (Å²) < 4.78 is 0. The number of nitrogens with two attached hydrogens (primary N) is 1. The highest BCUT2D eigenvalue weighted by molar-refractivity contribution is 6.00. The molecule has 7 heteroatoms. The molecule has 1 aromatic heterocycles. The van der Waals surface area contributed by atoms with Crippen LogP contribution in [0.3, 0.4) is 0 Å². The zero-order valence-corrected chi connectivity index (χ0v) is 11.2. The monoisotopic (exact) mass is 265 g/mol. The Bertz CT molecular complexity index is 496. The van der Waals surface area contributed by atoms with Crippen molar-refractivity contribution in [3.8, 4) is 0 Å². The molecule has 104 valence electrons. The van der Waals surface area contributed by atoms with Gasteiger partial charge >= 0.3 is 0 Å². The van der Waals surface area contributed by atoms with Crippen LogP contribution in [-0.4, -0.2) is 46.5 Å². The van der Waals surface area contributed by atoms with Crippen LogP contribution in [0.25, 0.3) is 0 Å². The van der Waals surface area contributed by atoms with Crippen molar-refractivity contribution in [3.05, 3.63) is 11.4 Å². The van der Waals surface area contributed by atoms with Crippen molar-refractivity contribution in [2.24, 2.45) is 0 Å². The number of aryl methyl sites for hydroxylation is 1. The van der Waals surface area contributed by atoms with Gasteiger partial charge < -0.3 is 16.0 Å². The number of aromatic amines is 1. The number of amides is 2. The zero-order valence-electron chi connectivity index (χ0n) is 11.2. The second kappa shape index (κ2) is 5.29. The molecule has 0 saturated carbocycles. The maximum absolute atomic E-state index is 12.4. The van der Waals surface area contributed by atoms with Gasteiger partial charge in [0, 0.05) is 13.6 Å². The number of H-pyrrole nitrogens is 1. The van der Waals surface area contributed by atoms with Crippen LogP contribution in [0.4, 0.5) is 5.69 Å². The van der Waals surface area contributed by atoms with Gasteiger partial charge in [-0.25, -0.2) is 0 Å². The van der Waals surface area contributed by atoms with Crippen molar-refractivity contribution in [2.45, 2.75) is 32.2 Å². The summed E-state index contributed by atoms with van der Waals surface area (Å²) in [6.07, 6.45) is 2.18. The Hall–Kier alpha value is -2.05. The Kier molecular flexibility index (Phi) is 3.73. The van der Waals surface area contributed by atoms with E-state index in [0.717, 1.165) is 12.1 Å². The molecule has 1 unspecified atom stereocenters. The fourth-order valence-electron chi connectivity index (χ4n) is 2.40. The fraction of sp³-hybridized carbons (Fsp3) is 0.583. The molecule has 1 saturated heterocycles. The van der Waals surface area contributed by atoms with E-state index in [9.17, 15) is 9.59 Å². The topological polar surface area (TPSA) is 104 Å². The standard InChI is InChI=1S/C12H19N5O2/c1-3-7-9(13)10(16-15-7)12(19)17-6-4-5-8(17)11(18)14-2/h8H,3-6,13H2,1-2H3,(H,14,18)(H,15,16). The Morgan fingerprint density at radius 3 is 2.89 bits per heavy atom. The zero-order chi connectivity index (χ0) is 14.0. The molecule has 1 aliphatic heterocycles. The van der Waals surface area contributed by atoms with Gasteiger partial charge in [0.1, 0.15) is 6.04 Å². The van der Waals surface area contributed by atoms with Crippen molar-refractivity contribution >= 4 is 17.5 Å². The summed E-state index contributed by atoms with van der Waals surface area (Å²) >= 11 is 0. The number of nitrogens with zero attached hydrogens (tertiary/aromatic N) is 2.